The van der Waals surface area contributed by atoms with Gasteiger partial charge in [0.2, 0.25) is 11.9 Å². The summed E-state index contributed by atoms with van der Waals surface area (Å²) in [6.07, 6.45) is 4.66. The SMILES string of the molecule is CN1CCC(CN(C)c2nc(N)nc(-n3cccn3)n2)C1. The molecule has 0 amide bonds. The largest absolute Gasteiger partial charge is 0.368 e. The van der Waals surface area contributed by atoms with Crippen LogP contribution in [0.3, 0.4) is 0 Å². The van der Waals surface area contributed by atoms with Crippen molar-refractivity contribution >= 4 is 11.9 Å². The first kappa shape index (κ1) is 13.7. The molecule has 1 unspecified atom stereocenters. The maximum absolute atomic E-state index is 5.80. The van der Waals surface area contributed by atoms with Gasteiger partial charge in [0.25, 0.3) is 5.95 Å². The lowest BCUT2D eigenvalue weighted by atomic mass is 10.1. The first-order valence-electron chi connectivity index (χ1n) is 7.03. The molecule has 2 aromatic rings. The lowest BCUT2D eigenvalue weighted by Gasteiger charge is -2.21. The van der Waals surface area contributed by atoms with E-state index >= 15 is 0 Å². The molecule has 3 heterocycles. The van der Waals surface area contributed by atoms with Crippen LogP contribution >= 0.6 is 0 Å². The number of nitrogen functional groups attached to an aromatic ring is 1. The van der Waals surface area contributed by atoms with Crippen molar-refractivity contribution in [2.24, 2.45) is 5.92 Å². The van der Waals surface area contributed by atoms with Crippen molar-refractivity contribution in [3.63, 3.8) is 0 Å². The zero-order valence-electron chi connectivity index (χ0n) is 12.3. The maximum atomic E-state index is 5.80. The Labute approximate surface area is 123 Å². The molecular weight excluding hydrogens is 268 g/mol. The van der Waals surface area contributed by atoms with Gasteiger partial charge in [-0.15, -0.1) is 0 Å². The standard InChI is InChI=1S/C13H20N8/c1-19-7-4-10(8-19)9-20(2)12-16-11(14)17-13(18-12)21-6-3-5-15-21/h3,5-6,10H,4,7-9H2,1-2H3,(H2,14,16,17,18). The Balaban J connectivity index is 1.78. The third kappa shape index (κ3) is 3.10. The van der Waals surface area contributed by atoms with Gasteiger partial charge < -0.3 is 15.5 Å². The van der Waals surface area contributed by atoms with Gasteiger partial charge in [0.15, 0.2) is 0 Å². The van der Waals surface area contributed by atoms with Gasteiger partial charge in [-0.1, -0.05) is 0 Å². The van der Waals surface area contributed by atoms with Crippen LogP contribution in [-0.4, -0.2) is 63.4 Å². The first-order chi connectivity index (χ1) is 10.1. The highest BCUT2D eigenvalue weighted by Gasteiger charge is 2.22. The fraction of sp³-hybridized carbons (Fsp3) is 0.538. The summed E-state index contributed by atoms with van der Waals surface area (Å²) >= 11 is 0. The van der Waals surface area contributed by atoms with Gasteiger partial charge in [-0.25, -0.2) is 4.68 Å². The molecule has 8 heteroatoms. The van der Waals surface area contributed by atoms with Crippen LogP contribution in [0.5, 0.6) is 0 Å². The quantitative estimate of drug-likeness (QED) is 0.848. The van der Waals surface area contributed by atoms with Crippen molar-refractivity contribution in [3.05, 3.63) is 18.5 Å². The summed E-state index contributed by atoms with van der Waals surface area (Å²) in [7, 11) is 4.14. The van der Waals surface area contributed by atoms with Crippen molar-refractivity contribution in [1.29, 1.82) is 0 Å². The van der Waals surface area contributed by atoms with Gasteiger partial charge in [-0.3, -0.25) is 0 Å². The smallest absolute Gasteiger partial charge is 0.257 e. The molecule has 8 nitrogen and oxygen atoms in total. The summed E-state index contributed by atoms with van der Waals surface area (Å²) in [5, 5.41) is 4.12. The molecule has 1 fully saturated rings. The lowest BCUT2D eigenvalue weighted by molar-refractivity contribution is 0.395. The van der Waals surface area contributed by atoms with Crippen LogP contribution in [0.25, 0.3) is 5.95 Å². The molecule has 0 saturated carbocycles. The Morgan fingerprint density at radius 2 is 2.24 bits per heavy atom. The van der Waals surface area contributed by atoms with E-state index in [-0.39, 0.29) is 5.95 Å². The number of hydrogen-bond donors (Lipinski definition) is 1. The minimum absolute atomic E-state index is 0.209. The van der Waals surface area contributed by atoms with Crippen LogP contribution in [0.4, 0.5) is 11.9 Å². The van der Waals surface area contributed by atoms with E-state index in [4.69, 9.17) is 5.73 Å². The topological polar surface area (TPSA) is 89.0 Å². The predicted octanol–water partition coefficient (Wildman–Crippen LogP) is 0.0274. The molecule has 0 radical (unpaired) electrons. The molecule has 2 N–H and O–H groups in total. The number of nitrogens with zero attached hydrogens (tertiary/aromatic N) is 7. The number of hydrogen-bond acceptors (Lipinski definition) is 7. The first-order valence-corrected chi connectivity index (χ1v) is 7.03. The minimum atomic E-state index is 0.209. The number of likely N-dealkylation sites (tertiary alicyclic amines) is 1. The fourth-order valence-corrected chi connectivity index (χ4v) is 2.67. The van der Waals surface area contributed by atoms with Gasteiger partial charge in [-0.2, -0.15) is 20.1 Å². The van der Waals surface area contributed by atoms with Crippen molar-refractivity contribution < 1.29 is 0 Å². The summed E-state index contributed by atoms with van der Waals surface area (Å²) in [6.45, 7) is 3.17. The monoisotopic (exact) mass is 288 g/mol. The van der Waals surface area contributed by atoms with Gasteiger partial charge >= 0.3 is 0 Å². The van der Waals surface area contributed by atoms with Crippen molar-refractivity contribution in [3.8, 4) is 5.95 Å². The van der Waals surface area contributed by atoms with E-state index in [1.54, 1.807) is 17.1 Å². The Bertz CT molecular complexity index is 596. The average molecular weight is 288 g/mol. The van der Waals surface area contributed by atoms with Gasteiger partial charge in [-0.05, 0) is 32.0 Å². The van der Waals surface area contributed by atoms with Crippen LogP contribution in [-0.2, 0) is 0 Å². The Morgan fingerprint density at radius 3 is 2.90 bits per heavy atom. The van der Waals surface area contributed by atoms with E-state index in [0.29, 0.717) is 17.8 Å². The Morgan fingerprint density at radius 1 is 1.38 bits per heavy atom. The third-order valence-electron chi connectivity index (χ3n) is 3.70. The summed E-state index contributed by atoms with van der Waals surface area (Å²) in [4.78, 5) is 17.2. The second-order valence-corrected chi connectivity index (χ2v) is 5.54. The molecule has 1 aliphatic heterocycles. The Kier molecular flexibility index (Phi) is 3.70. The molecule has 0 aliphatic carbocycles. The van der Waals surface area contributed by atoms with Crippen molar-refractivity contribution in [1.82, 2.24) is 29.6 Å². The van der Waals surface area contributed by atoms with Gasteiger partial charge in [0.1, 0.15) is 0 Å². The highest BCUT2D eigenvalue weighted by Crippen LogP contribution is 2.18. The molecular formula is C13H20N8. The van der Waals surface area contributed by atoms with Crippen LogP contribution < -0.4 is 10.6 Å². The second-order valence-electron chi connectivity index (χ2n) is 5.54. The zero-order valence-corrected chi connectivity index (χ0v) is 12.3. The van der Waals surface area contributed by atoms with E-state index in [2.05, 4.69) is 32.0 Å². The molecule has 0 aromatic carbocycles. The zero-order chi connectivity index (χ0) is 14.8. The van der Waals surface area contributed by atoms with Crippen LogP contribution in [0, 0.1) is 5.92 Å². The molecule has 1 aliphatic rings. The van der Waals surface area contributed by atoms with E-state index < -0.39 is 0 Å². The van der Waals surface area contributed by atoms with E-state index in [0.717, 1.165) is 19.6 Å². The molecule has 21 heavy (non-hydrogen) atoms. The van der Waals surface area contributed by atoms with Crippen molar-refractivity contribution in [2.45, 2.75) is 6.42 Å². The van der Waals surface area contributed by atoms with E-state index in [1.165, 1.54) is 6.42 Å². The number of anilines is 2. The highest BCUT2D eigenvalue weighted by molar-refractivity contribution is 5.37. The normalized spacial score (nSPS) is 19.0. The molecule has 112 valence electrons. The summed E-state index contributed by atoms with van der Waals surface area (Å²) in [6, 6.07) is 1.82. The number of rotatable bonds is 4. The van der Waals surface area contributed by atoms with E-state index in [9.17, 15) is 0 Å². The summed E-state index contributed by atoms with van der Waals surface area (Å²) in [5.41, 5.74) is 5.80. The maximum Gasteiger partial charge on any atom is 0.257 e. The van der Waals surface area contributed by atoms with E-state index in [1.807, 2.05) is 18.0 Å². The molecule has 0 bridgehead atoms. The number of aromatic nitrogens is 5. The average Bonchev–Trinajstić information content (AvgIpc) is 3.10. The second kappa shape index (κ2) is 5.65. The van der Waals surface area contributed by atoms with Crippen LogP contribution in [0.2, 0.25) is 0 Å². The molecule has 1 atom stereocenters. The molecule has 3 rings (SSSR count). The van der Waals surface area contributed by atoms with Crippen LogP contribution in [0.15, 0.2) is 18.5 Å². The minimum Gasteiger partial charge on any atom is -0.368 e. The van der Waals surface area contributed by atoms with Gasteiger partial charge in [0, 0.05) is 32.5 Å². The number of nitrogens with two attached hydrogens (primary N) is 1. The molecule has 1 saturated heterocycles. The van der Waals surface area contributed by atoms with Crippen LogP contribution in [0.1, 0.15) is 6.42 Å². The predicted molar refractivity (Wildman–Crippen MR) is 80.2 cm³/mol. The third-order valence-corrected chi connectivity index (χ3v) is 3.70. The Hall–Kier alpha value is -2.22. The van der Waals surface area contributed by atoms with Gasteiger partial charge in [0.05, 0.1) is 0 Å². The van der Waals surface area contributed by atoms with Crippen molar-refractivity contribution in [2.75, 3.05) is 44.4 Å². The summed E-state index contributed by atoms with van der Waals surface area (Å²) < 4.78 is 1.58. The molecule has 2 aromatic heterocycles. The fourth-order valence-electron chi connectivity index (χ4n) is 2.67. The molecule has 0 spiro atoms. The summed E-state index contributed by atoms with van der Waals surface area (Å²) in [5.74, 6) is 1.87. The lowest BCUT2D eigenvalue weighted by Crippen LogP contribution is -2.29. The highest BCUT2D eigenvalue weighted by atomic mass is 15.4.